The van der Waals surface area contributed by atoms with Crippen LogP contribution in [0.4, 0.5) is 0 Å². The molecule has 1 unspecified atom stereocenters. The molecule has 0 saturated heterocycles. The molecule has 2 aromatic carbocycles. The van der Waals surface area contributed by atoms with Gasteiger partial charge in [0.05, 0.1) is 19.1 Å². The molecule has 2 aromatic rings. The van der Waals surface area contributed by atoms with Crippen molar-refractivity contribution in [1.29, 1.82) is 0 Å². The van der Waals surface area contributed by atoms with Crippen LogP contribution in [0.3, 0.4) is 0 Å². The molecule has 0 saturated carbocycles. The van der Waals surface area contributed by atoms with Crippen LogP contribution < -0.4 is 14.2 Å². The Bertz CT molecular complexity index is 814. The second-order valence-corrected chi connectivity index (χ2v) is 7.89. The molecule has 0 aromatic heterocycles. The quantitative estimate of drug-likeness (QED) is 0.811. The van der Waals surface area contributed by atoms with Crippen LogP contribution in [0.1, 0.15) is 43.9 Å². The number of hydrogen-bond acceptors (Lipinski definition) is 4. The van der Waals surface area contributed by atoms with Gasteiger partial charge in [-0.3, -0.25) is 0 Å². The molecule has 1 N–H and O–H groups in total. The fourth-order valence-corrected chi connectivity index (χ4v) is 3.80. The molecule has 0 bridgehead atoms. The van der Waals surface area contributed by atoms with Crippen molar-refractivity contribution < 1.29 is 17.9 Å². The van der Waals surface area contributed by atoms with Crippen LogP contribution in [-0.2, 0) is 10.0 Å². The van der Waals surface area contributed by atoms with E-state index in [1.807, 2.05) is 12.1 Å². The molecule has 0 aliphatic rings. The van der Waals surface area contributed by atoms with E-state index in [1.165, 1.54) is 0 Å². The third-order valence-corrected chi connectivity index (χ3v) is 5.65. The van der Waals surface area contributed by atoms with Crippen LogP contribution in [-0.4, -0.2) is 22.6 Å². The maximum atomic E-state index is 12.7. The Kier molecular flexibility index (Phi) is 6.08. The van der Waals surface area contributed by atoms with Gasteiger partial charge in [0.1, 0.15) is 11.5 Å². The second-order valence-electron chi connectivity index (χ2n) is 6.17. The summed E-state index contributed by atoms with van der Waals surface area (Å²) in [6.07, 6.45) is 0. The molecule has 0 fully saturated rings. The summed E-state index contributed by atoms with van der Waals surface area (Å²) in [5.41, 5.74) is 1.81. The van der Waals surface area contributed by atoms with Crippen LogP contribution >= 0.6 is 0 Å². The van der Waals surface area contributed by atoms with Crippen molar-refractivity contribution in [2.24, 2.45) is 0 Å². The topological polar surface area (TPSA) is 64.6 Å². The van der Waals surface area contributed by atoms with Gasteiger partial charge in [0.25, 0.3) is 0 Å². The largest absolute Gasteiger partial charge is 0.497 e. The number of nitrogens with one attached hydrogen (secondary N) is 1. The van der Waals surface area contributed by atoms with E-state index in [0.29, 0.717) is 23.0 Å². The lowest BCUT2D eigenvalue weighted by Crippen LogP contribution is -2.27. The zero-order chi connectivity index (χ0) is 18.6. The van der Waals surface area contributed by atoms with Crippen molar-refractivity contribution in [3.05, 3.63) is 53.6 Å². The van der Waals surface area contributed by atoms with E-state index in [4.69, 9.17) is 9.47 Å². The summed E-state index contributed by atoms with van der Waals surface area (Å²) in [4.78, 5) is 0.241. The number of sulfonamides is 1. The normalized spacial score (nSPS) is 12.9. The number of rotatable bonds is 7. The van der Waals surface area contributed by atoms with Crippen molar-refractivity contribution in [3.63, 3.8) is 0 Å². The van der Waals surface area contributed by atoms with Crippen molar-refractivity contribution >= 4 is 10.0 Å². The zero-order valence-electron chi connectivity index (χ0n) is 15.2. The molecule has 0 spiro atoms. The lowest BCUT2D eigenvalue weighted by atomic mass is 10.0. The van der Waals surface area contributed by atoms with Crippen molar-refractivity contribution in [1.82, 2.24) is 4.72 Å². The Balaban J connectivity index is 2.28. The minimum atomic E-state index is -3.64. The molecule has 0 heterocycles. The Morgan fingerprint density at radius 2 is 1.56 bits per heavy atom. The highest BCUT2D eigenvalue weighted by Crippen LogP contribution is 2.30. The molecule has 6 heteroatoms. The predicted octanol–water partition coefficient (Wildman–Crippen LogP) is 3.87. The third-order valence-electron chi connectivity index (χ3n) is 4.09. The van der Waals surface area contributed by atoms with E-state index < -0.39 is 16.1 Å². The molecular formula is C19H25NO4S. The summed E-state index contributed by atoms with van der Waals surface area (Å²) < 4.78 is 38.6. The van der Waals surface area contributed by atoms with Crippen LogP contribution in [0.5, 0.6) is 11.5 Å². The zero-order valence-corrected chi connectivity index (χ0v) is 16.1. The summed E-state index contributed by atoms with van der Waals surface area (Å²) in [5.74, 6) is 1.60. The third kappa shape index (κ3) is 4.52. The maximum absolute atomic E-state index is 12.7. The van der Waals surface area contributed by atoms with Gasteiger partial charge in [0.2, 0.25) is 10.0 Å². The Morgan fingerprint density at radius 3 is 2.08 bits per heavy atom. The summed E-state index contributed by atoms with van der Waals surface area (Å²) in [7, 11) is -0.522. The minimum absolute atomic E-state index is 0.241. The summed E-state index contributed by atoms with van der Waals surface area (Å²) in [5, 5.41) is 0. The Hall–Kier alpha value is -2.05. The SMILES string of the molecule is COc1ccc(OC)c(C(C)NS(=O)(=O)c2ccc(C(C)C)cc2)c1. The van der Waals surface area contributed by atoms with E-state index in [9.17, 15) is 8.42 Å². The second kappa shape index (κ2) is 7.89. The van der Waals surface area contributed by atoms with Gasteiger partial charge in [0, 0.05) is 11.6 Å². The first-order valence-corrected chi connectivity index (χ1v) is 9.61. The summed E-state index contributed by atoms with van der Waals surface area (Å²) in [6, 6.07) is 11.8. The van der Waals surface area contributed by atoms with Gasteiger partial charge in [-0.15, -0.1) is 0 Å². The average molecular weight is 363 g/mol. The van der Waals surface area contributed by atoms with Gasteiger partial charge in [0.15, 0.2) is 0 Å². The number of methoxy groups -OCH3 is 2. The lowest BCUT2D eigenvalue weighted by molar-refractivity contribution is 0.395. The molecule has 25 heavy (non-hydrogen) atoms. The molecule has 0 aliphatic carbocycles. The van der Waals surface area contributed by atoms with Gasteiger partial charge in [-0.25, -0.2) is 13.1 Å². The Morgan fingerprint density at radius 1 is 0.920 bits per heavy atom. The van der Waals surface area contributed by atoms with Gasteiger partial charge < -0.3 is 9.47 Å². The first kappa shape index (κ1) is 19.3. The highest BCUT2D eigenvalue weighted by atomic mass is 32.2. The summed E-state index contributed by atoms with van der Waals surface area (Å²) in [6.45, 7) is 5.91. The molecule has 2 rings (SSSR count). The van der Waals surface area contributed by atoms with E-state index in [2.05, 4.69) is 18.6 Å². The van der Waals surface area contributed by atoms with Gasteiger partial charge in [-0.1, -0.05) is 26.0 Å². The summed E-state index contributed by atoms with van der Waals surface area (Å²) >= 11 is 0. The molecular weight excluding hydrogens is 338 g/mol. The number of benzene rings is 2. The number of hydrogen-bond donors (Lipinski definition) is 1. The standard InChI is InChI=1S/C19H25NO4S/c1-13(2)15-6-9-17(10-7-15)25(21,22)20-14(3)18-12-16(23-4)8-11-19(18)24-5/h6-14,20H,1-5H3. The van der Waals surface area contributed by atoms with Crippen molar-refractivity contribution in [3.8, 4) is 11.5 Å². The van der Waals surface area contributed by atoms with Gasteiger partial charge in [-0.05, 0) is 48.7 Å². The molecule has 5 nitrogen and oxygen atoms in total. The maximum Gasteiger partial charge on any atom is 0.241 e. The fourth-order valence-electron chi connectivity index (χ4n) is 2.57. The highest BCUT2D eigenvalue weighted by molar-refractivity contribution is 7.89. The van der Waals surface area contributed by atoms with E-state index >= 15 is 0 Å². The lowest BCUT2D eigenvalue weighted by Gasteiger charge is -2.18. The van der Waals surface area contributed by atoms with Crippen LogP contribution in [0.15, 0.2) is 47.4 Å². The van der Waals surface area contributed by atoms with Crippen LogP contribution in [0.2, 0.25) is 0 Å². The van der Waals surface area contributed by atoms with Gasteiger partial charge >= 0.3 is 0 Å². The fraction of sp³-hybridized carbons (Fsp3) is 0.368. The predicted molar refractivity (Wildman–Crippen MR) is 98.8 cm³/mol. The van der Waals surface area contributed by atoms with Crippen LogP contribution in [0.25, 0.3) is 0 Å². The Labute approximate surface area is 150 Å². The molecule has 1 atom stereocenters. The first-order chi connectivity index (χ1) is 11.8. The molecule has 0 amide bonds. The van der Waals surface area contributed by atoms with Crippen molar-refractivity contribution in [2.75, 3.05) is 14.2 Å². The average Bonchev–Trinajstić information content (AvgIpc) is 2.60. The van der Waals surface area contributed by atoms with E-state index in [0.717, 1.165) is 5.56 Å². The number of ether oxygens (including phenoxy) is 2. The highest BCUT2D eigenvalue weighted by Gasteiger charge is 2.21. The van der Waals surface area contributed by atoms with E-state index in [1.54, 1.807) is 51.5 Å². The van der Waals surface area contributed by atoms with E-state index in [-0.39, 0.29) is 4.90 Å². The van der Waals surface area contributed by atoms with Crippen molar-refractivity contribution in [2.45, 2.75) is 37.6 Å². The first-order valence-electron chi connectivity index (χ1n) is 8.12. The molecule has 0 aliphatic heterocycles. The molecule has 0 radical (unpaired) electrons. The smallest absolute Gasteiger partial charge is 0.241 e. The molecule has 136 valence electrons. The van der Waals surface area contributed by atoms with Crippen LogP contribution in [0, 0.1) is 0 Å². The van der Waals surface area contributed by atoms with Gasteiger partial charge in [-0.2, -0.15) is 0 Å². The minimum Gasteiger partial charge on any atom is -0.497 e. The monoisotopic (exact) mass is 363 g/mol.